The van der Waals surface area contributed by atoms with Crippen LogP contribution in [0.2, 0.25) is 18.6 Å². The number of fused-ring (bicyclic) bond motifs is 2. The molecule has 0 saturated carbocycles. The van der Waals surface area contributed by atoms with Crippen LogP contribution in [0.1, 0.15) is 25.3 Å². The number of carbonyl (C=O) groups is 2. The molecule has 3 aliphatic rings. The molecule has 3 N–H and O–H groups in total. The van der Waals surface area contributed by atoms with E-state index in [-0.39, 0.29) is 36.0 Å². The van der Waals surface area contributed by atoms with Crippen LogP contribution in [0.5, 0.6) is 0 Å². The zero-order valence-electron chi connectivity index (χ0n) is 15.9. The van der Waals surface area contributed by atoms with Crippen LogP contribution in [0.3, 0.4) is 0 Å². The number of hydrogen-bond donors (Lipinski definition) is 3. The van der Waals surface area contributed by atoms with E-state index in [0.29, 0.717) is 25.1 Å². The number of aliphatic hydroxyl groups is 1. The lowest BCUT2D eigenvalue weighted by molar-refractivity contribution is -0.143. The maximum atomic E-state index is 13.1. The van der Waals surface area contributed by atoms with E-state index in [4.69, 9.17) is 4.74 Å². The molecule has 8 heteroatoms. The molecular formula is C19H26N2O5Si. The van der Waals surface area contributed by atoms with E-state index in [2.05, 4.69) is 5.32 Å². The fourth-order valence-electron chi connectivity index (χ4n) is 5.04. The minimum Gasteiger partial charge on any atom is -0.432 e. The first kappa shape index (κ1) is 18.6. The summed E-state index contributed by atoms with van der Waals surface area (Å²) in [5.74, 6) is -0.410. The van der Waals surface area contributed by atoms with Crippen LogP contribution in [-0.2, 0) is 19.9 Å². The van der Waals surface area contributed by atoms with E-state index in [1.807, 2.05) is 38.2 Å². The van der Waals surface area contributed by atoms with Crippen molar-refractivity contribution >= 4 is 31.5 Å². The molecule has 3 heterocycles. The number of nitrogens with zero attached hydrogens (tertiary/aromatic N) is 1. The number of hydrogen-bond acceptors (Lipinski definition) is 5. The highest BCUT2D eigenvalue weighted by Gasteiger charge is 2.64. The SMILES string of the molecule is C[C@@H]1[C@@H]([Si](C)(C)O)[C@H](CCO)O[C@@]12C(=O)Nc1ccc(N3CCC3=O)cc12. The number of benzene rings is 1. The Morgan fingerprint density at radius 2 is 2.11 bits per heavy atom. The summed E-state index contributed by atoms with van der Waals surface area (Å²) >= 11 is 0. The molecule has 1 aromatic carbocycles. The van der Waals surface area contributed by atoms with Gasteiger partial charge >= 0.3 is 0 Å². The molecule has 2 saturated heterocycles. The van der Waals surface area contributed by atoms with Crippen molar-refractivity contribution in [1.29, 1.82) is 0 Å². The molecule has 0 radical (unpaired) electrons. The summed E-state index contributed by atoms with van der Waals surface area (Å²) < 4.78 is 6.35. The second-order valence-corrected chi connectivity index (χ2v) is 12.3. The smallest absolute Gasteiger partial charge is 0.261 e. The second kappa shape index (κ2) is 6.13. The van der Waals surface area contributed by atoms with Crippen LogP contribution >= 0.6 is 0 Å². The van der Waals surface area contributed by atoms with Gasteiger partial charge in [0.25, 0.3) is 5.91 Å². The summed E-state index contributed by atoms with van der Waals surface area (Å²) in [5, 5.41) is 12.4. The van der Waals surface area contributed by atoms with Gasteiger partial charge in [-0.25, -0.2) is 0 Å². The number of anilines is 2. The number of carbonyl (C=O) groups excluding carboxylic acids is 2. The highest BCUT2D eigenvalue weighted by molar-refractivity contribution is 6.71. The lowest BCUT2D eigenvalue weighted by atomic mass is 9.82. The number of aliphatic hydroxyl groups excluding tert-OH is 1. The van der Waals surface area contributed by atoms with Crippen molar-refractivity contribution in [3.63, 3.8) is 0 Å². The largest absolute Gasteiger partial charge is 0.432 e. The summed E-state index contributed by atoms with van der Waals surface area (Å²) in [5.41, 5.74) is 0.789. The van der Waals surface area contributed by atoms with Gasteiger partial charge in [-0.05, 0) is 37.7 Å². The van der Waals surface area contributed by atoms with Gasteiger partial charge in [0.1, 0.15) is 0 Å². The van der Waals surface area contributed by atoms with E-state index >= 15 is 0 Å². The first-order valence-corrected chi connectivity index (χ1v) is 12.5. The van der Waals surface area contributed by atoms with Crippen molar-refractivity contribution in [2.24, 2.45) is 5.92 Å². The molecule has 0 aromatic heterocycles. The third kappa shape index (κ3) is 2.58. The lowest BCUT2D eigenvalue weighted by Gasteiger charge is -2.33. The van der Waals surface area contributed by atoms with Crippen LogP contribution in [0, 0.1) is 5.92 Å². The molecule has 2 amide bonds. The molecule has 2 fully saturated rings. The molecule has 27 heavy (non-hydrogen) atoms. The average Bonchev–Trinajstić information content (AvgIpc) is 3.02. The van der Waals surface area contributed by atoms with Crippen molar-refractivity contribution in [2.75, 3.05) is 23.4 Å². The number of rotatable bonds is 4. The van der Waals surface area contributed by atoms with E-state index in [1.54, 1.807) is 4.90 Å². The number of nitrogens with one attached hydrogen (secondary N) is 1. The Bertz CT molecular complexity index is 808. The van der Waals surface area contributed by atoms with E-state index < -0.39 is 13.9 Å². The van der Waals surface area contributed by atoms with Crippen molar-refractivity contribution in [2.45, 2.75) is 50.1 Å². The van der Waals surface area contributed by atoms with Crippen LogP contribution < -0.4 is 10.2 Å². The number of β-lactam (4-membered cyclic amide) rings is 1. The fourth-order valence-corrected chi connectivity index (χ4v) is 7.64. The fraction of sp³-hybridized carbons (Fsp3) is 0.579. The maximum absolute atomic E-state index is 13.1. The maximum Gasteiger partial charge on any atom is 0.261 e. The molecule has 146 valence electrons. The zero-order chi connectivity index (χ0) is 19.6. The van der Waals surface area contributed by atoms with Gasteiger partial charge in [0, 0.05) is 48.0 Å². The van der Waals surface area contributed by atoms with E-state index in [9.17, 15) is 19.5 Å². The molecule has 0 bridgehead atoms. The highest BCUT2D eigenvalue weighted by Crippen LogP contribution is 2.58. The molecule has 1 aromatic rings. The molecule has 4 atom stereocenters. The van der Waals surface area contributed by atoms with E-state index in [1.165, 1.54) is 0 Å². The summed E-state index contributed by atoms with van der Waals surface area (Å²) in [7, 11) is -2.65. The van der Waals surface area contributed by atoms with Gasteiger partial charge in [-0.15, -0.1) is 0 Å². The number of amides is 2. The van der Waals surface area contributed by atoms with Gasteiger partial charge in [0.2, 0.25) is 5.91 Å². The lowest BCUT2D eigenvalue weighted by Crippen LogP contribution is -2.44. The summed E-state index contributed by atoms with van der Waals surface area (Å²) in [6.45, 7) is 6.26. The zero-order valence-corrected chi connectivity index (χ0v) is 16.9. The normalized spacial score (nSPS) is 32.6. The summed E-state index contributed by atoms with van der Waals surface area (Å²) in [4.78, 5) is 37.5. The van der Waals surface area contributed by atoms with Crippen LogP contribution in [0.4, 0.5) is 11.4 Å². The second-order valence-electron chi connectivity index (χ2n) is 8.35. The highest BCUT2D eigenvalue weighted by atomic mass is 28.4. The van der Waals surface area contributed by atoms with Crippen molar-refractivity contribution in [3.8, 4) is 0 Å². The topological polar surface area (TPSA) is 99.1 Å². The minimum absolute atomic E-state index is 0.0642. The van der Waals surface area contributed by atoms with Crippen molar-refractivity contribution in [3.05, 3.63) is 23.8 Å². The minimum atomic E-state index is -2.65. The van der Waals surface area contributed by atoms with Crippen LogP contribution in [0.25, 0.3) is 0 Å². The van der Waals surface area contributed by atoms with Gasteiger partial charge in [0.05, 0.1) is 6.10 Å². The molecule has 7 nitrogen and oxygen atoms in total. The van der Waals surface area contributed by atoms with E-state index in [0.717, 1.165) is 11.3 Å². The van der Waals surface area contributed by atoms with Gasteiger partial charge in [-0.1, -0.05) is 6.92 Å². The Labute approximate surface area is 159 Å². The quantitative estimate of drug-likeness (QED) is 0.535. The Morgan fingerprint density at radius 3 is 2.67 bits per heavy atom. The Kier molecular flexibility index (Phi) is 4.23. The van der Waals surface area contributed by atoms with Gasteiger partial charge in [-0.3, -0.25) is 9.59 Å². The first-order valence-electron chi connectivity index (χ1n) is 9.47. The standard InChI is InChI=1S/C19H26N2O5Si/c1-11-17(27(2,3)25)15(7-9-22)26-19(11)13-10-12(21-8-6-16(21)23)4-5-14(13)20-18(19)24/h4-5,10-11,15,17,22,25H,6-9H2,1-3H3,(H,20,24)/t11-,15+,17-,19+/m1/s1. The molecule has 3 aliphatic heterocycles. The first-order chi connectivity index (χ1) is 12.7. The third-order valence-electron chi connectivity index (χ3n) is 6.30. The average molecular weight is 391 g/mol. The van der Waals surface area contributed by atoms with Crippen LogP contribution in [0.15, 0.2) is 18.2 Å². The third-order valence-corrected chi connectivity index (χ3v) is 8.80. The Morgan fingerprint density at radius 1 is 1.37 bits per heavy atom. The van der Waals surface area contributed by atoms with Gasteiger partial charge in [-0.2, -0.15) is 0 Å². The van der Waals surface area contributed by atoms with Gasteiger partial charge < -0.3 is 24.9 Å². The summed E-state index contributed by atoms with van der Waals surface area (Å²) in [6, 6.07) is 5.52. The number of ether oxygens (including phenoxy) is 1. The van der Waals surface area contributed by atoms with Crippen molar-refractivity contribution in [1.82, 2.24) is 0 Å². The molecular weight excluding hydrogens is 364 g/mol. The summed E-state index contributed by atoms with van der Waals surface area (Å²) in [6.07, 6.45) is 0.528. The Hall–Kier alpha value is -1.74. The molecule has 0 unspecified atom stereocenters. The van der Waals surface area contributed by atoms with Gasteiger partial charge in [0.15, 0.2) is 13.9 Å². The molecule has 0 aliphatic carbocycles. The molecule has 4 rings (SSSR count). The van der Waals surface area contributed by atoms with Crippen molar-refractivity contribution < 1.29 is 24.2 Å². The molecule has 1 spiro atoms. The van der Waals surface area contributed by atoms with Crippen LogP contribution in [-0.4, -0.2) is 49.3 Å². The predicted octanol–water partition coefficient (Wildman–Crippen LogP) is 1.56. The monoisotopic (exact) mass is 390 g/mol. The predicted molar refractivity (Wildman–Crippen MR) is 103 cm³/mol. The Balaban J connectivity index is 1.80.